The second kappa shape index (κ2) is 6.13. The predicted molar refractivity (Wildman–Crippen MR) is 62.3 cm³/mol. The largest absolute Gasteiger partial charge is 0.469 e. The van der Waals surface area contributed by atoms with Crippen molar-refractivity contribution in [1.29, 1.82) is 0 Å². The van der Waals surface area contributed by atoms with E-state index >= 15 is 0 Å². The topological polar surface area (TPSA) is 52.6 Å². The lowest BCUT2D eigenvalue weighted by molar-refractivity contribution is -0.142. The Bertz CT molecular complexity index is 261. The average molecular weight is 246 g/mol. The summed E-state index contributed by atoms with van der Waals surface area (Å²) in [7, 11) is 2.81. The molecular formula is C11H18O4S. The standard InChI is InChI=1S/C11H18O4S/c1-14-9(12)3-6-16-8-11(4-5-11)7-10(13)15-2/h3-8H2,1-2H3. The van der Waals surface area contributed by atoms with Crippen LogP contribution in [0.15, 0.2) is 0 Å². The van der Waals surface area contributed by atoms with E-state index in [1.165, 1.54) is 14.2 Å². The minimum absolute atomic E-state index is 0.133. The number of rotatable bonds is 7. The van der Waals surface area contributed by atoms with Gasteiger partial charge in [0.2, 0.25) is 0 Å². The van der Waals surface area contributed by atoms with Crippen LogP contribution in [-0.4, -0.2) is 37.7 Å². The van der Waals surface area contributed by atoms with E-state index in [0.29, 0.717) is 12.8 Å². The number of hydrogen-bond acceptors (Lipinski definition) is 5. The zero-order valence-corrected chi connectivity index (χ0v) is 10.6. The van der Waals surface area contributed by atoms with Gasteiger partial charge in [-0.25, -0.2) is 0 Å². The highest BCUT2D eigenvalue weighted by molar-refractivity contribution is 7.99. The van der Waals surface area contributed by atoms with Crippen molar-refractivity contribution >= 4 is 23.7 Å². The second-order valence-electron chi connectivity index (χ2n) is 4.13. The van der Waals surface area contributed by atoms with Gasteiger partial charge in [0.15, 0.2) is 0 Å². The summed E-state index contributed by atoms with van der Waals surface area (Å²) in [6.07, 6.45) is 3.13. The van der Waals surface area contributed by atoms with Crippen molar-refractivity contribution in [1.82, 2.24) is 0 Å². The van der Waals surface area contributed by atoms with Crippen LogP contribution in [0.25, 0.3) is 0 Å². The smallest absolute Gasteiger partial charge is 0.306 e. The molecule has 1 saturated carbocycles. The molecule has 0 bridgehead atoms. The number of thioether (sulfide) groups is 1. The first-order chi connectivity index (χ1) is 7.62. The zero-order valence-electron chi connectivity index (χ0n) is 9.78. The summed E-state index contributed by atoms with van der Waals surface area (Å²) in [5.41, 5.74) is 0.147. The summed E-state index contributed by atoms with van der Waals surface area (Å²) in [5, 5.41) is 0. The van der Waals surface area contributed by atoms with E-state index in [1.54, 1.807) is 11.8 Å². The Kier molecular flexibility index (Phi) is 5.12. The molecule has 92 valence electrons. The van der Waals surface area contributed by atoms with Gasteiger partial charge >= 0.3 is 11.9 Å². The maximum Gasteiger partial charge on any atom is 0.306 e. The highest BCUT2D eigenvalue weighted by atomic mass is 32.2. The van der Waals surface area contributed by atoms with E-state index in [1.807, 2.05) is 0 Å². The van der Waals surface area contributed by atoms with Crippen LogP contribution in [0.1, 0.15) is 25.7 Å². The molecule has 0 radical (unpaired) electrons. The van der Waals surface area contributed by atoms with E-state index in [4.69, 9.17) is 0 Å². The first-order valence-corrected chi connectivity index (χ1v) is 6.49. The van der Waals surface area contributed by atoms with Crippen LogP contribution in [0.3, 0.4) is 0 Å². The van der Waals surface area contributed by atoms with Gasteiger partial charge in [0.05, 0.1) is 27.1 Å². The van der Waals surface area contributed by atoms with Crippen molar-refractivity contribution < 1.29 is 19.1 Å². The van der Waals surface area contributed by atoms with Crippen molar-refractivity contribution in [3.05, 3.63) is 0 Å². The Balaban J connectivity index is 2.12. The van der Waals surface area contributed by atoms with Crippen molar-refractivity contribution in [2.75, 3.05) is 25.7 Å². The van der Waals surface area contributed by atoms with Gasteiger partial charge in [-0.3, -0.25) is 9.59 Å². The fourth-order valence-corrected chi connectivity index (χ4v) is 2.75. The quantitative estimate of drug-likeness (QED) is 0.505. The van der Waals surface area contributed by atoms with E-state index in [9.17, 15) is 9.59 Å². The molecule has 0 N–H and O–H groups in total. The molecule has 0 spiro atoms. The summed E-state index contributed by atoms with van der Waals surface area (Å²) < 4.78 is 9.22. The van der Waals surface area contributed by atoms with Crippen molar-refractivity contribution in [2.24, 2.45) is 5.41 Å². The third-order valence-corrected chi connectivity index (χ3v) is 4.10. The minimum Gasteiger partial charge on any atom is -0.469 e. The number of carbonyl (C=O) groups is 2. The fourth-order valence-electron chi connectivity index (χ4n) is 1.47. The van der Waals surface area contributed by atoms with Gasteiger partial charge in [-0.15, -0.1) is 0 Å². The van der Waals surface area contributed by atoms with Crippen molar-refractivity contribution in [3.8, 4) is 0 Å². The molecule has 0 amide bonds. The maximum atomic E-state index is 11.1. The number of carbonyl (C=O) groups excluding carboxylic acids is 2. The third-order valence-electron chi connectivity index (χ3n) is 2.79. The van der Waals surface area contributed by atoms with E-state index in [0.717, 1.165) is 24.3 Å². The molecule has 1 aliphatic rings. The molecule has 0 aromatic rings. The number of esters is 2. The second-order valence-corrected chi connectivity index (χ2v) is 5.24. The van der Waals surface area contributed by atoms with Crippen LogP contribution >= 0.6 is 11.8 Å². The van der Waals surface area contributed by atoms with Gasteiger partial charge in [-0.05, 0) is 24.0 Å². The zero-order chi connectivity index (χ0) is 12.0. The Morgan fingerprint density at radius 2 is 1.81 bits per heavy atom. The summed E-state index contributed by atoms with van der Waals surface area (Å²) in [6.45, 7) is 0. The molecule has 5 heteroatoms. The SMILES string of the molecule is COC(=O)CCSCC1(CC(=O)OC)CC1. The lowest BCUT2D eigenvalue weighted by atomic mass is 10.1. The van der Waals surface area contributed by atoms with Gasteiger partial charge in [-0.1, -0.05) is 0 Å². The summed E-state index contributed by atoms with van der Waals surface area (Å²) in [6, 6.07) is 0. The molecule has 0 aliphatic heterocycles. The van der Waals surface area contributed by atoms with Crippen LogP contribution in [0.4, 0.5) is 0 Å². The van der Waals surface area contributed by atoms with Crippen LogP contribution in [0.5, 0.6) is 0 Å². The maximum absolute atomic E-state index is 11.1. The monoisotopic (exact) mass is 246 g/mol. The molecule has 0 heterocycles. The molecule has 0 atom stereocenters. The van der Waals surface area contributed by atoms with Gasteiger partial charge in [0.1, 0.15) is 0 Å². The minimum atomic E-state index is -0.176. The molecule has 1 fully saturated rings. The van der Waals surface area contributed by atoms with E-state index in [-0.39, 0.29) is 17.4 Å². The highest BCUT2D eigenvalue weighted by Crippen LogP contribution is 2.51. The normalized spacial score (nSPS) is 16.6. The molecule has 0 aromatic carbocycles. The van der Waals surface area contributed by atoms with E-state index in [2.05, 4.69) is 9.47 Å². The van der Waals surface area contributed by atoms with Crippen LogP contribution in [-0.2, 0) is 19.1 Å². The van der Waals surface area contributed by atoms with Gasteiger partial charge in [-0.2, -0.15) is 11.8 Å². The molecular weight excluding hydrogens is 228 g/mol. The van der Waals surface area contributed by atoms with Gasteiger partial charge in [0, 0.05) is 5.75 Å². The summed E-state index contributed by atoms with van der Waals surface area (Å²) in [5.74, 6) is 1.38. The predicted octanol–water partition coefficient (Wildman–Crippen LogP) is 1.63. The number of hydrogen-bond donors (Lipinski definition) is 0. The first-order valence-electron chi connectivity index (χ1n) is 5.33. The highest BCUT2D eigenvalue weighted by Gasteiger charge is 2.44. The molecule has 0 unspecified atom stereocenters. The Morgan fingerprint density at radius 1 is 1.19 bits per heavy atom. The van der Waals surface area contributed by atoms with E-state index < -0.39 is 0 Å². The van der Waals surface area contributed by atoms with Crippen LogP contribution in [0.2, 0.25) is 0 Å². The van der Waals surface area contributed by atoms with Gasteiger partial charge < -0.3 is 9.47 Å². The summed E-state index contributed by atoms with van der Waals surface area (Å²) >= 11 is 1.71. The Labute approximate surface area is 100 Å². The molecule has 0 aromatic heterocycles. The van der Waals surface area contributed by atoms with Crippen molar-refractivity contribution in [2.45, 2.75) is 25.7 Å². The van der Waals surface area contributed by atoms with Crippen LogP contribution in [0, 0.1) is 5.41 Å². The average Bonchev–Trinajstić information content (AvgIpc) is 3.04. The molecule has 16 heavy (non-hydrogen) atoms. The lowest BCUT2D eigenvalue weighted by Gasteiger charge is -2.12. The van der Waals surface area contributed by atoms with Crippen LogP contribution < -0.4 is 0 Å². The molecule has 0 saturated heterocycles. The number of methoxy groups -OCH3 is 2. The lowest BCUT2D eigenvalue weighted by Crippen LogP contribution is -2.13. The number of ether oxygens (including phenoxy) is 2. The molecule has 4 nitrogen and oxygen atoms in total. The fraction of sp³-hybridized carbons (Fsp3) is 0.818. The summed E-state index contributed by atoms with van der Waals surface area (Å²) in [4.78, 5) is 22.0. The Morgan fingerprint density at radius 3 is 2.31 bits per heavy atom. The van der Waals surface area contributed by atoms with Gasteiger partial charge in [0.25, 0.3) is 0 Å². The first kappa shape index (κ1) is 13.4. The van der Waals surface area contributed by atoms with Crippen molar-refractivity contribution in [3.63, 3.8) is 0 Å². The molecule has 1 rings (SSSR count). The Hall–Kier alpha value is -0.710. The molecule has 1 aliphatic carbocycles. The third kappa shape index (κ3) is 4.43.